The van der Waals surface area contributed by atoms with E-state index in [-0.39, 0.29) is 6.42 Å². The van der Waals surface area contributed by atoms with Crippen LogP contribution in [0.25, 0.3) is 0 Å². The zero-order valence-electron chi connectivity index (χ0n) is 16.5. The van der Waals surface area contributed by atoms with Gasteiger partial charge in [-0.3, -0.25) is 24.0 Å². The molecular weight excluding hydrogens is 406 g/mol. The standard InChI is InChI=1S/C16H29N5O7S/c1-7(16(27)28)19-14(25)10(4-5-29-3)20-15(26)12(8(2)22)21-13(24)9(17)6-11(18)23/h7-10,12,22H,4-6,17H2,1-3H3,(H2,18,23)(H,19,25)(H,20,26)(H,21,24)(H,27,28). The number of carbonyl (C=O) groups excluding carboxylic acids is 4. The Kier molecular flexibility index (Phi) is 11.9. The topological polar surface area (TPSA) is 214 Å². The maximum absolute atomic E-state index is 12.5. The summed E-state index contributed by atoms with van der Waals surface area (Å²) in [6.45, 7) is 2.51. The summed E-state index contributed by atoms with van der Waals surface area (Å²) in [6, 6.07) is -5.03. The summed E-state index contributed by atoms with van der Waals surface area (Å²) in [7, 11) is 0. The van der Waals surface area contributed by atoms with Crippen LogP contribution in [0.4, 0.5) is 0 Å². The van der Waals surface area contributed by atoms with Gasteiger partial charge in [-0.1, -0.05) is 0 Å². The minimum absolute atomic E-state index is 0.187. The summed E-state index contributed by atoms with van der Waals surface area (Å²) >= 11 is 1.41. The van der Waals surface area contributed by atoms with Crippen molar-refractivity contribution in [1.82, 2.24) is 16.0 Å². The molecule has 5 atom stereocenters. The van der Waals surface area contributed by atoms with Crippen molar-refractivity contribution in [3.8, 4) is 0 Å². The molecular formula is C16H29N5O7S. The molecule has 166 valence electrons. The smallest absolute Gasteiger partial charge is 0.325 e. The molecule has 13 heteroatoms. The van der Waals surface area contributed by atoms with E-state index in [2.05, 4.69) is 16.0 Å². The number of aliphatic hydroxyl groups excluding tert-OH is 1. The van der Waals surface area contributed by atoms with Gasteiger partial charge in [-0.2, -0.15) is 11.8 Å². The largest absolute Gasteiger partial charge is 0.480 e. The van der Waals surface area contributed by atoms with Crippen LogP contribution in [-0.2, 0) is 24.0 Å². The van der Waals surface area contributed by atoms with Gasteiger partial charge in [-0.15, -0.1) is 0 Å². The van der Waals surface area contributed by atoms with Gasteiger partial charge in [0.1, 0.15) is 18.1 Å². The molecule has 12 nitrogen and oxygen atoms in total. The van der Waals surface area contributed by atoms with Crippen molar-refractivity contribution >= 4 is 41.4 Å². The van der Waals surface area contributed by atoms with Crippen molar-refractivity contribution in [3.63, 3.8) is 0 Å². The average molecular weight is 436 g/mol. The molecule has 4 amide bonds. The first-order chi connectivity index (χ1) is 13.4. The number of primary amides is 1. The van der Waals surface area contributed by atoms with E-state index in [9.17, 15) is 29.1 Å². The third kappa shape index (κ3) is 10.1. The molecule has 0 saturated heterocycles. The lowest BCUT2D eigenvalue weighted by Gasteiger charge is -2.26. The second kappa shape index (κ2) is 13.0. The van der Waals surface area contributed by atoms with E-state index >= 15 is 0 Å². The molecule has 0 aromatic rings. The van der Waals surface area contributed by atoms with E-state index in [0.29, 0.717) is 5.75 Å². The summed E-state index contributed by atoms with van der Waals surface area (Å²) in [5.41, 5.74) is 10.5. The first kappa shape index (κ1) is 26.6. The van der Waals surface area contributed by atoms with Crippen LogP contribution in [0.2, 0.25) is 0 Å². The summed E-state index contributed by atoms with van der Waals surface area (Å²) in [5, 5.41) is 25.6. The zero-order chi connectivity index (χ0) is 22.7. The van der Waals surface area contributed by atoms with Crippen LogP contribution in [-0.4, -0.2) is 82.1 Å². The van der Waals surface area contributed by atoms with Crippen molar-refractivity contribution in [2.24, 2.45) is 11.5 Å². The number of aliphatic hydroxyl groups is 1. The van der Waals surface area contributed by atoms with Gasteiger partial charge in [0.25, 0.3) is 0 Å². The predicted molar refractivity (Wildman–Crippen MR) is 106 cm³/mol. The van der Waals surface area contributed by atoms with E-state index in [1.165, 1.54) is 25.6 Å². The number of hydrogen-bond acceptors (Lipinski definition) is 8. The Bertz CT molecular complexity index is 616. The molecule has 0 aliphatic carbocycles. The average Bonchev–Trinajstić information content (AvgIpc) is 2.61. The Balaban J connectivity index is 5.23. The zero-order valence-corrected chi connectivity index (χ0v) is 17.3. The van der Waals surface area contributed by atoms with Crippen LogP contribution in [0.15, 0.2) is 0 Å². The van der Waals surface area contributed by atoms with Crippen LogP contribution in [0.3, 0.4) is 0 Å². The normalized spacial score (nSPS) is 15.9. The molecule has 0 aliphatic rings. The van der Waals surface area contributed by atoms with Crippen LogP contribution in [0.5, 0.6) is 0 Å². The van der Waals surface area contributed by atoms with Crippen molar-refractivity contribution in [2.45, 2.75) is 57.0 Å². The lowest BCUT2D eigenvalue weighted by molar-refractivity contribution is -0.142. The lowest BCUT2D eigenvalue weighted by Crippen LogP contribution is -2.59. The quantitative estimate of drug-likeness (QED) is 0.155. The molecule has 0 aliphatic heterocycles. The molecule has 29 heavy (non-hydrogen) atoms. The van der Waals surface area contributed by atoms with Crippen molar-refractivity contribution in [2.75, 3.05) is 12.0 Å². The number of carboxylic acid groups (broad SMARTS) is 1. The van der Waals surface area contributed by atoms with E-state index in [1.54, 1.807) is 6.26 Å². The maximum atomic E-state index is 12.5. The van der Waals surface area contributed by atoms with Crippen molar-refractivity contribution in [3.05, 3.63) is 0 Å². The third-order valence-electron chi connectivity index (χ3n) is 3.79. The molecule has 0 aromatic carbocycles. The fraction of sp³-hybridized carbons (Fsp3) is 0.688. The molecule has 0 fully saturated rings. The number of carbonyl (C=O) groups is 5. The summed E-state index contributed by atoms with van der Waals surface area (Å²) < 4.78 is 0. The Morgan fingerprint density at radius 1 is 1.00 bits per heavy atom. The maximum Gasteiger partial charge on any atom is 0.325 e. The third-order valence-corrected chi connectivity index (χ3v) is 4.44. The van der Waals surface area contributed by atoms with E-state index in [4.69, 9.17) is 16.6 Å². The van der Waals surface area contributed by atoms with Crippen LogP contribution >= 0.6 is 11.8 Å². The van der Waals surface area contributed by atoms with Gasteiger partial charge in [0.15, 0.2) is 0 Å². The lowest BCUT2D eigenvalue weighted by atomic mass is 10.1. The molecule has 0 spiro atoms. The summed E-state index contributed by atoms with van der Waals surface area (Å²) in [4.78, 5) is 58.7. The second-order valence-electron chi connectivity index (χ2n) is 6.41. The highest BCUT2D eigenvalue weighted by Gasteiger charge is 2.31. The fourth-order valence-corrected chi connectivity index (χ4v) is 2.59. The van der Waals surface area contributed by atoms with Gasteiger partial charge in [0, 0.05) is 0 Å². The van der Waals surface area contributed by atoms with Crippen molar-refractivity contribution < 1.29 is 34.2 Å². The number of amides is 4. The number of carboxylic acids is 1. The van der Waals surface area contributed by atoms with Gasteiger partial charge >= 0.3 is 5.97 Å². The van der Waals surface area contributed by atoms with Gasteiger partial charge in [0.2, 0.25) is 23.6 Å². The second-order valence-corrected chi connectivity index (χ2v) is 7.40. The Morgan fingerprint density at radius 3 is 2.03 bits per heavy atom. The highest BCUT2D eigenvalue weighted by atomic mass is 32.2. The SMILES string of the molecule is CSCCC(NC(=O)C(NC(=O)C(N)CC(N)=O)C(C)O)C(=O)NC(C)C(=O)O. The Hall–Kier alpha value is -2.38. The monoisotopic (exact) mass is 435 g/mol. The van der Waals surface area contributed by atoms with Crippen LogP contribution in [0.1, 0.15) is 26.7 Å². The first-order valence-corrected chi connectivity index (χ1v) is 10.1. The predicted octanol–water partition coefficient (Wildman–Crippen LogP) is -3.12. The molecule has 5 unspecified atom stereocenters. The Labute approximate surface area is 172 Å². The number of rotatable bonds is 13. The first-order valence-electron chi connectivity index (χ1n) is 8.75. The van der Waals surface area contributed by atoms with Gasteiger partial charge in [0.05, 0.1) is 18.6 Å². The number of thioether (sulfide) groups is 1. The fourth-order valence-electron chi connectivity index (χ4n) is 2.12. The molecule has 0 rings (SSSR count). The van der Waals surface area contributed by atoms with Gasteiger partial charge in [-0.25, -0.2) is 0 Å². The molecule has 0 aromatic heterocycles. The molecule has 0 radical (unpaired) electrons. The summed E-state index contributed by atoms with van der Waals surface area (Å²) in [6.07, 6.45) is 0.177. The number of nitrogens with two attached hydrogens (primary N) is 2. The van der Waals surface area contributed by atoms with Gasteiger partial charge in [-0.05, 0) is 32.3 Å². The number of aliphatic carboxylic acids is 1. The van der Waals surface area contributed by atoms with Crippen molar-refractivity contribution in [1.29, 1.82) is 0 Å². The van der Waals surface area contributed by atoms with E-state index in [0.717, 1.165) is 0 Å². The van der Waals surface area contributed by atoms with E-state index in [1.807, 2.05) is 0 Å². The van der Waals surface area contributed by atoms with Gasteiger partial charge < -0.3 is 37.6 Å². The highest BCUT2D eigenvalue weighted by Crippen LogP contribution is 2.04. The Morgan fingerprint density at radius 2 is 1.59 bits per heavy atom. The summed E-state index contributed by atoms with van der Waals surface area (Å²) in [5.74, 6) is -4.05. The van der Waals surface area contributed by atoms with Crippen LogP contribution < -0.4 is 27.4 Å². The molecule has 0 heterocycles. The number of hydrogen-bond donors (Lipinski definition) is 7. The van der Waals surface area contributed by atoms with Crippen LogP contribution in [0, 0.1) is 0 Å². The highest BCUT2D eigenvalue weighted by molar-refractivity contribution is 7.98. The molecule has 0 bridgehead atoms. The number of nitrogens with one attached hydrogen (secondary N) is 3. The molecule has 0 saturated carbocycles. The minimum atomic E-state index is -1.46. The molecule has 9 N–H and O–H groups in total. The minimum Gasteiger partial charge on any atom is -0.480 e. The van der Waals surface area contributed by atoms with E-state index < -0.39 is 66.3 Å².